The van der Waals surface area contributed by atoms with Crippen LogP contribution < -0.4 is 20.6 Å². The van der Waals surface area contributed by atoms with Crippen molar-refractivity contribution in [1.29, 1.82) is 0 Å². The van der Waals surface area contributed by atoms with Crippen LogP contribution in [0.25, 0.3) is 55.9 Å². The van der Waals surface area contributed by atoms with E-state index in [4.69, 9.17) is 9.47 Å². The summed E-state index contributed by atoms with van der Waals surface area (Å²) in [7, 11) is 3.11. The first kappa shape index (κ1) is 28.8. The second-order valence-electron chi connectivity index (χ2n) is 9.36. The minimum absolute atomic E-state index is 0. The minimum Gasteiger partial charge on any atom is -0.497 e. The van der Waals surface area contributed by atoms with Crippen molar-refractivity contribution in [3.05, 3.63) is 93.8 Å². The topological polar surface area (TPSA) is 196 Å². The lowest BCUT2D eigenvalue weighted by atomic mass is 10.2. The molecule has 0 aliphatic carbocycles. The maximum Gasteiger partial charge on any atom is 0.265 e. The van der Waals surface area contributed by atoms with Gasteiger partial charge in [-0.1, -0.05) is 0 Å². The van der Waals surface area contributed by atoms with Crippen molar-refractivity contribution >= 4 is 45.5 Å². The van der Waals surface area contributed by atoms with Gasteiger partial charge < -0.3 is 9.47 Å². The SMILES string of the molecule is COc1ccc2nc3ccc(-c4nn[nH]n4)cn3c(=O)c2c1.COc1ccc2nc3ccc(-c4nn[nH]n4)cn3c(=O)c2c1.Cl. The number of hydrogen-bond acceptors (Lipinski definition) is 12. The van der Waals surface area contributed by atoms with Crippen LogP contribution in [0.4, 0.5) is 0 Å². The van der Waals surface area contributed by atoms with Crippen molar-refractivity contribution in [2.45, 2.75) is 0 Å². The zero-order valence-electron chi connectivity index (χ0n) is 23.4. The van der Waals surface area contributed by atoms with Crippen LogP contribution in [0, 0.1) is 0 Å². The average molecular weight is 625 g/mol. The number of nitrogens with one attached hydrogen (secondary N) is 2. The molecule has 0 bridgehead atoms. The molecule has 0 fully saturated rings. The van der Waals surface area contributed by atoms with E-state index in [-0.39, 0.29) is 23.5 Å². The van der Waals surface area contributed by atoms with Crippen LogP contribution in [0.2, 0.25) is 0 Å². The number of aromatic amines is 2. The summed E-state index contributed by atoms with van der Waals surface area (Å²) in [4.78, 5) is 34.3. The third kappa shape index (κ3) is 5.25. The molecule has 17 heteroatoms. The van der Waals surface area contributed by atoms with E-state index >= 15 is 0 Å². The third-order valence-electron chi connectivity index (χ3n) is 6.84. The second-order valence-corrected chi connectivity index (χ2v) is 9.36. The molecule has 0 aliphatic heterocycles. The Morgan fingerprint density at radius 1 is 0.622 bits per heavy atom. The van der Waals surface area contributed by atoms with Crippen LogP contribution in [0.5, 0.6) is 11.5 Å². The van der Waals surface area contributed by atoms with Gasteiger partial charge in [0.15, 0.2) is 0 Å². The molecule has 45 heavy (non-hydrogen) atoms. The number of tetrazole rings is 2. The molecule has 6 heterocycles. The van der Waals surface area contributed by atoms with Gasteiger partial charge in [0.1, 0.15) is 22.8 Å². The Labute approximate surface area is 257 Å². The normalized spacial score (nSPS) is 10.9. The van der Waals surface area contributed by atoms with Gasteiger partial charge in [-0.05, 0) is 71.1 Å². The molecular weight excluding hydrogens is 604 g/mol. The number of benzene rings is 2. The van der Waals surface area contributed by atoms with Crippen LogP contribution in [0.1, 0.15) is 0 Å². The number of nitrogens with zero attached hydrogens (tertiary/aromatic N) is 10. The fourth-order valence-electron chi connectivity index (χ4n) is 4.65. The van der Waals surface area contributed by atoms with Gasteiger partial charge in [0.2, 0.25) is 11.6 Å². The van der Waals surface area contributed by atoms with Gasteiger partial charge in [-0.2, -0.15) is 10.4 Å². The third-order valence-corrected chi connectivity index (χ3v) is 6.84. The van der Waals surface area contributed by atoms with Crippen LogP contribution in [-0.4, -0.2) is 74.2 Å². The molecule has 224 valence electrons. The zero-order valence-corrected chi connectivity index (χ0v) is 24.3. The highest BCUT2D eigenvalue weighted by Gasteiger charge is 2.11. The van der Waals surface area contributed by atoms with E-state index in [2.05, 4.69) is 51.2 Å². The van der Waals surface area contributed by atoms with Crippen LogP contribution in [0.3, 0.4) is 0 Å². The van der Waals surface area contributed by atoms with Gasteiger partial charge in [-0.25, -0.2) is 9.97 Å². The highest BCUT2D eigenvalue weighted by molar-refractivity contribution is 5.85. The van der Waals surface area contributed by atoms with Gasteiger partial charge in [-0.15, -0.1) is 32.8 Å². The number of methoxy groups -OCH3 is 2. The van der Waals surface area contributed by atoms with Gasteiger partial charge in [0.25, 0.3) is 11.1 Å². The molecule has 0 spiro atoms. The minimum atomic E-state index is -0.177. The number of rotatable bonds is 4. The molecule has 6 aromatic heterocycles. The largest absolute Gasteiger partial charge is 0.497 e. The summed E-state index contributed by atoms with van der Waals surface area (Å²) < 4.78 is 13.3. The molecule has 2 aromatic carbocycles. The van der Waals surface area contributed by atoms with E-state index in [0.29, 0.717) is 67.4 Å². The Balaban J connectivity index is 0.000000155. The number of hydrogen-bond donors (Lipinski definition) is 2. The number of halogens is 1. The lowest BCUT2D eigenvalue weighted by Crippen LogP contribution is -2.15. The first-order valence-electron chi connectivity index (χ1n) is 13.0. The average Bonchev–Trinajstić information content (AvgIpc) is 3.81. The van der Waals surface area contributed by atoms with Gasteiger partial charge in [0, 0.05) is 23.5 Å². The number of aromatic nitrogens is 12. The lowest BCUT2D eigenvalue weighted by Gasteiger charge is -2.06. The molecule has 0 atom stereocenters. The summed E-state index contributed by atoms with van der Waals surface area (Å²) >= 11 is 0. The smallest absolute Gasteiger partial charge is 0.265 e. The van der Waals surface area contributed by atoms with E-state index in [1.165, 1.54) is 8.80 Å². The Morgan fingerprint density at radius 2 is 1.07 bits per heavy atom. The van der Waals surface area contributed by atoms with E-state index in [0.717, 1.165) is 0 Å². The molecule has 8 aromatic rings. The Hall–Kier alpha value is -6.29. The monoisotopic (exact) mass is 624 g/mol. The van der Waals surface area contributed by atoms with Gasteiger partial charge in [0.05, 0.1) is 36.0 Å². The summed E-state index contributed by atoms with van der Waals surface area (Å²) in [5, 5.41) is 28.4. The molecule has 0 aliphatic rings. The summed E-state index contributed by atoms with van der Waals surface area (Å²) in [6.45, 7) is 0. The fraction of sp³-hybridized carbons (Fsp3) is 0.0714. The molecule has 0 unspecified atom stereocenters. The summed E-state index contributed by atoms with van der Waals surface area (Å²) in [6, 6.07) is 17.5. The molecule has 16 nitrogen and oxygen atoms in total. The molecular formula is C28H21ClN12O4. The Kier molecular flexibility index (Phi) is 7.54. The van der Waals surface area contributed by atoms with Gasteiger partial charge in [-0.3, -0.25) is 18.4 Å². The van der Waals surface area contributed by atoms with E-state index < -0.39 is 0 Å². The number of fused-ring (bicyclic) bond motifs is 4. The van der Waals surface area contributed by atoms with Crippen molar-refractivity contribution in [2.24, 2.45) is 0 Å². The highest BCUT2D eigenvalue weighted by Crippen LogP contribution is 2.20. The van der Waals surface area contributed by atoms with Crippen molar-refractivity contribution in [1.82, 2.24) is 60.0 Å². The van der Waals surface area contributed by atoms with Gasteiger partial charge >= 0.3 is 0 Å². The maximum absolute atomic E-state index is 12.7. The first-order chi connectivity index (χ1) is 21.5. The van der Waals surface area contributed by atoms with Crippen molar-refractivity contribution < 1.29 is 9.47 Å². The predicted octanol–water partition coefficient (Wildman–Crippen LogP) is 2.49. The van der Waals surface area contributed by atoms with Crippen molar-refractivity contribution in [2.75, 3.05) is 14.2 Å². The number of pyridine rings is 2. The van der Waals surface area contributed by atoms with Crippen LogP contribution in [0.15, 0.2) is 82.6 Å². The number of ether oxygens (including phenoxy) is 2. The van der Waals surface area contributed by atoms with E-state index in [1.54, 1.807) is 87.3 Å². The number of H-pyrrole nitrogens is 2. The van der Waals surface area contributed by atoms with E-state index in [9.17, 15) is 9.59 Å². The molecule has 0 radical (unpaired) electrons. The maximum atomic E-state index is 12.7. The lowest BCUT2D eigenvalue weighted by molar-refractivity contribution is 0.415. The summed E-state index contributed by atoms with van der Waals surface area (Å²) in [6.07, 6.45) is 3.29. The van der Waals surface area contributed by atoms with Crippen LogP contribution >= 0.6 is 12.4 Å². The predicted molar refractivity (Wildman–Crippen MR) is 165 cm³/mol. The quantitative estimate of drug-likeness (QED) is 0.272. The second kappa shape index (κ2) is 11.8. The van der Waals surface area contributed by atoms with E-state index in [1.807, 2.05) is 0 Å². The molecule has 8 rings (SSSR count). The Morgan fingerprint density at radius 3 is 1.44 bits per heavy atom. The molecule has 0 saturated carbocycles. The zero-order chi connectivity index (χ0) is 30.2. The molecule has 0 saturated heterocycles. The first-order valence-corrected chi connectivity index (χ1v) is 13.0. The molecule has 0 amide bonds. The summed E-state index contributed by atoms with van der Waals surface area (Å²) in [5.74, 6) is 2.06. The highest BCUT2D eigenvalue weighted by atomic mass is 35.5. The molecule has 2 N–H and O–H groups in total. The van der Waals surface area contributed by atoms with Crippen molar-refractivity contribution in [3.63, 3.8) is 0 Å². The fourth-order valence-corrected chi connectivity index (χ4v) is 4.65. The standard InChI is InChI=1S/2C14H10N6O2.ClH/c2*1-22-9-3-4-11-10(6-9)14(21)20-7-8(2-5-12(20)15-11)13-16-18-19-17-13;/h2*2-7H,1H3,(H,16,17,18,19);1H. The van der Waals surface area contributed by atoms with Crippen molar-refractivity contribution in [3.8, 4) is 34.3 Å². The van der Waals surface area contributed by atoms with Crippen LogP contribution in [-0.2, 0) is 0 Å². The Bertz CT molecular complexity index is 2260. The summed E-state index contributed by atoms with van der Waals surface area (Å²) in [5.41, 5.74) is 3.34.